The maximum atomic E-state index is 6.10. The van der Waals surface area contributed by atoms with Gasteiger partial charge in [-0.3, -0.25) is 4.99 Å². The second-order valence-electron chi connectivity index (χ2n) is 5.52. The van der Waals surface area contributed by atoms with E-state index in [2.05, 4.69) is 38.7 Å². The minimum atomic E-state index is 0.711. The van der Waals surface area contributed by atoms with E-state index in [1.165, 1.54) is 5.69 Å². The molecule has 2 aliphatic heterocycles. The Labute approximate surface area is 134 Å². The number of nitrogens with one attached hydrogen (secondary N) is 2. The molecule has 0 saturated carbocycles. The number of piperazine rings is 1. The van der Waals surface area contributed by atoms with Gasteiger partial charge in [-0.25, -0.2) is 0 Å². The molecule has 2 heterocycles. The van der Waals surface area contributed by atoms with Gasteiger partial charge in [0.1, 0.15) is 0 Å². The van der Waals surface area contributed by atoms with E-state index in [0.717, 1.165) is 48.8 Å². The molecule has 2 aromatic carbocycles. The standard InChI is InChI=1S/C17H17ClN4/c18-12-4-5-15-16(10-12)21-14-2-1-3-17(13(14)11-20-15)22-8-6-19-7-9-22/h1-5,10-11,19,21H,6-9H2. The van der Waals surface area contributed by atoms with Gasteiger partial charge >= 0.3 is 0 Å². The third kappa shape index (κ3) is 2.45. The number of rotatable bonds is 1. The van der Waals surface area contributed by atoms with Crippen LogP contribution in [0.15, 0.2) is 41.4 Å². The van der Waals surface area contributed by atoms with Crippen molar-refractivity contribution in [1.82, 2.24) is 5.32 Å². The molecule has 0 unspecified atom stereocenters. The highest BCUT2D eigenvalue weighted by Gasteiger charge is 2.18. The van der Waals surface area contributed by atoms with Crippen molar-refractivity contribution in [1.29, 1.82) is 0 Å². The summed E-state index contributed by atoms with van der Waals surface area (Å²) in [7, 11) is 0. The van der Waals surface area contributed by atoms with Gasteiger partial charge in [0.25, 0.3) is 0 Å². The molecule has 0 spiro atoms. The number of benzene rings is 2. The molecule has 0 amide bonds. The maximum Gasteiger partial charge on any atom is 0.0865 e. The summed E-state index contributed by atoms with van der Waals surface area (Å²) in [5.41, 5.74) is 5.29. The summed E-state index contributed by atoms with van der Waals surface area (Å²) in [6, 6.07) is 12.1. The van der Waals surface area contributed by atoms with Crippen LogP contribution < -0.4 is 15.5 Å². The number of nitrogens with zero attached hydrogens (tertiary/aromatic N) is 2. The van der Waals surface area contributed by atoms with E-state index in [-0.39, 0.29) is 0 Å². The van der Waals surface area contributed by atoms with Crippen LogP contribution >= 0.6 is 11.6 Å². The van der Waals surface area contributed by atoms with E-state index >= 15 is 0 Å². The highest BCUT2D eigenvalue weighted by Crippen LogP contribution is 2.37. The minimum absolute atomic E-state index is 0.711. The average Bonchev–Trinajstić information content (AvgIpc) is 2.74. The molecule has 22 heavy (non-hydrogen) atoms. The predicted octanol–water partition coefficient (Wildman–Crippen LogP) is 3.56. The summed E-state index contributed by atoms with van der Waals surface area (Å²) < 4.78 is 0. The highest BCUT2D eigenvalue weighted by molar-refractivity contribution is 6.31. The van der Waals surface area contributed by atoms with E-state index < -0.39 is 0 Å². The number of halogens is 1. The fourth-order valence-corrected chi connectivity index (χ4v) is 3.15. The molecule has 0 aromatic heterocycles. The molecule has 4 rings (SSSR count). The van der Waals surface area contributed by atoms with Crippen molar-refractivity contribution >= 4 is 40.6 Å². The topological polar surface area (TPSA) is 39.7 Å². The molecule has 1 saturated heterocycles. The number of aliphatic imine (C=N–C) groups is 1. The molecule has 2 aromatic rings. The number of hydrogen-bond donors (Lipinski definition) is 2. The lowest BCUT2D eigenvalue weighted by Gasteiger charge is -2.31. The monoisotopic (exact) mass is 312 g/mol. The lowest BCUT2D eigenvalue weighted by atomic mass is 10.1. The fraction of sp³-hybridized carbons (Fsp3) is 0.235. The SMILES string of the molecule is Clc1ccc2c(c1)Nc1cccc(N3CCNCC3)c1C=N2. The summed E-state index contributed by atoms with van der Waals surface area (Å²) >= 11 is 6.10. The second-order valence-corrected chi connectivity index (χ2v) is 5.96. The van der Waals surface area contributed by atoms with Gasteiger partial charge in [0.05, 0.1) is 11.4 Å². The lowest BCUT2D eigenvalue weighted by Crippen LogP contribution is -2.43. The Hall–Kier alpha value is -2.04. The summed E-state index contributed by atoms with van der Waals surface area (Å²) in [5, 5.41) is 7.57. The van der Waals surface area contributed by atoms with E-state index in [4.69, 9.17) is 11.6 Å². The van der Waals surface area contributed by atoms with Gasteiger partial charge in [0.2, 0.25) is 0 Å². The molecular weight excluding hydrogens is 296 g/mol. The van der Waals surface area contributed by atoms with Gasteiger partial charge in [-0.2, -0.15) is 0 Å². The van der Waals surface area contributed by atoms with Crippen LogP contribution in [0.2, 0.25) is 5.02 Å². The molecule has 1 fully saturated rings. The molecule has 2 N–H and O–H groups in total. The van der Waals surface area contributed by atoms with E-state index in [0.29, 0.717) is 5.02 Å². The first kappa shape index (κ1) is 13.6. The minimum Gasteiger partial charge on any atom is -0.368 e. The van der Waals surface area contributed by atoms with Crippen LogP contribution in [0, 0.1) is 0 Å². The Bertz CT molecular complexity index is 735. The molecule has 4 nitrogen and oxygen atoms in total. The normalized spacial score (nSPS) is 16.5. The van der Waals surface area contributed by atoms with Gasteiger partial charge in [-0.05, 0) is 30.3 Å². The Morgan fingerprint density at radius 1 is 1.05 bits per heavy atom. The highest BCUT2D eigenvalue weighted by atomic mass is 35.5. The zero-order valence-electron chi connectivity index (χ0n) is 12.1. The van der Waals surface area contributed by atoms with Gasteiger partial charge in [0, 0.05) is 54.4 Å². The van der Waals surface area contributed by atoms with Gasteiger partial charge < -0.3 is 15.5 Å². The third-order valence-corrected chi connectivity index (χ3v) is 4.34. The molecule has 2 aliphatic rings. The van der Waals surface area contributed by atoms with Crippen LogP contribution in [0.4, 0.5) is 22.7 Å². The van der Waals surface area contributed by atoms with Crippen molar-refractivity contribution < 1.29 is 0 Å². The first-order chi connectivity index (χ1) is 10.8. The maximum absolute atomic E-state index is 6.10. The van der Waals surface area contributed by atoms with Crippen LogP contribution in [0.1, 0.15) is 5.56 Å². The first-order valence-corrected chi connectivity index (χ1v) is 7.88. The van der Waals surface area contributed by atoms with Crippen LogP contribution in [-0.4, -0.2) is 32.4 Å². The zero-order valence-corrected chi connectivity index (χ0v) is 12.9. The summed E-state index contributed by atoms with van der Waals surface area (Å²) in [6.07, 6.45) is 1.96. The van der Waals surface area contributed by atoms with Crippen LogP contribution in [0.25, 0.3) is 0 Å². The first-order valence-electron chi connectivity index (χ1n) is 7.50. The van der Waals surface area contributed by atoms with Crippen molar-refractivity contribution in [3.63, 3.8) is 0 Å². The van der Waals surface area contributed by atoms with E-state index in [9.17, 15) is 0 Å². The second kappa shape index (κ2) is 5.63. The third-order valence-electron chi connectivity index (χ3n) is 4.10. The summed E-state index contributed by atoms with van der Waals surface area (Å²) in [4.78, 5) is 7.05. The molecule has 0 radical (unpaired) electrons. The van der Waals surface area contributed by atoms with Crippen LogP contribution in [0.5, 0.6) is 0 Å². The average molecular weight is 313 g/mol. The largest absolute Gasteiger partial charge is 0.368 e. The van der Waals surface area contributed by atoms with Crippen molar-refractivity contribution in [2.45, 2.75) is 0 Å². The quantitative estimate of drug-likeness (QED) is 0.722. The Morgan fingerprint density at radius 3 is 2.77 bits per heavy atom. The number of hydrogen-bond acceptors (Lipinski definition) is 4. The Kier molecular flexibility index (Phi) is 3.48. The smallest absolute Gasteiger partial charge is 0.0865 e. The van der Waals surface area contributed by atoms with Crippen molar-refractivity contribution in [2.24, 2.45) is 4.99 Å². The van der Waals surface area contributed by atoms with Gasteiger partial charge in [-0.1, -0.05) is 17.7 Å². The fourth-order valence-electron chi connectivity index (χ4n) is 2.98. The van der Waals surface area contributed by atoms with Crippen molar-refractivity contribution in [3.8, 4) is 0 Å². The van der Waals surface area contributed by atoms with Gasteiger partial charge in [0.15, 0.2) is 0 Å². The lowest BCUT2D eigenvalue weighted by molar-refractivity contribution is 0.589. The van der Waals surface area contributed by atoms with Crippen LogP contribution in [0.3, 0.4) is 0 Å². The number of anilines is 3. The van der Waals surface area contributed by atoms with E-state index in [1.807, 2.05) is 24.4 Å². The Morgan fingerprint density at radius 2 is 1.91 bits per heavy atom. The summed E-state index contributed by atoms with van der Waals surface area (Å²) in [6.45, 7) is 4.07. The van der Waals surface area contributed by atoms with Crippen molar-refractivity contribution in [3.05, 3.63) is 47.0 Å². The number of fused-ring (bicyclic) bond motifs is 2. The Balaban J connectivity index is 1.78. The summed E-state index contributed by atoms with van der Waals surface area (Å²) in [5.74, 6) is 0. The zero-order chi connectivity index (χ0) is 14.9. The molecular formula is C17H17ClN4. The molecule has 0 aliphatic carbocycles. The van der Waals surface area contributed by atoms with E-state index in [1.54, 1.807) is 0 Å². The predicted molar refractivity (Wildman–Crippen MR) is 93.5 cm³/mol. The van der Waals surface area contributed by atoms with Crippen LogP contribution in [-0.2, 0) is 0 Å². The molecule has 112 valence electrons. The van der Waals surface area contributed by atoms with Gasteiger partial charge in [-0.15, -0.1) is 0 Å². The molecule has 5 heteroatoms. The molecule has 0 atom stereocenters. The molecule has 0 bridgehead atoms. The van der Waals surface area contributed by atoms with Crippen molar-refractivity contribution in [2.75, 3.05) is 36.4 Å².